The lowest BCUT2D eigenvalue weighted by atomic mass is 10.1. The van der Waals surface area contributed by atoms with Crippen molar-refractivity contribution in [2.45, 2.75) is 26.3 Å². The maximum atomic E-state index is 12.1. The Kier molecular flexibility index (Phi) is 5.30. The average Bonchev–Trinajstić information content (AvgIpc) is 3.02. The molecule has 25 heavy (non-hydrogen) atoms. The molecule has 0 saturated carbocycles. The van der Waals surface area contributed by atoms with E-state index in [0.29, 0.717) is 11.6 Å². The zero-order valence-electron chi connectivity index (χ0n) is 13.9. The number of hydrogen-bond donors (Lipinski definition) is 2. The van der Waals surface area contributed by atoms with Crippen molar-refractivity contribution >= 4 is 22.5 Å². The number of amides is 2. The third-order valence-electron chi connectivity index (χ3n) is 3.52. The second-order valence-corrected chi connectivity index (χ2v) is 6.68. The van der Waals surface area contributed by atoms with Gasteiger partial charge in [0.2, 0.25) is 5.13 Å². The van der Waals surface area contributed by atoms with Gasteiger partial charge in [0.25, 0.3) is 0 Å². The average molecular weight is 354 g/mol. The molecule has 7 nitrogen and oxygen atoms in total. The molecule has 0 aliphatic rings. The zero-order valence-corrected chi connectivity index (χ0v) is 14.7. The lowest BCUT2D eigenvalue weighted by molar-refractivity contribution is 0.249. The topological polar surface area (TPSA) is 92.7 Å². The lowest BCUT2D eigenvalue weighted by Crippen LogP contribution is -2.31. The number of aryl methyl sites for hydroxylation is 1. The summed E-state index contributed by atoms with van der Waals surface area (Å²) in [7, 11) is 0. The van der Waals surface area contributed by atoms with Crippen molar-refractivity contribution in [1.29, 1.82) is 0 Å². The summed E-state index contributed by atoms with van der Waals surface area (Å²) in [6, 6.07) is 9.43. The number of anilines is 1. The van der Waals surface area contributed by atoms with Crippen LogP contribution >= 0.6 is 11.3 Å². The van der Waals surface area contributed by atoms with Crippen molar-refractivity contribution in [3.05, 3.63) is 64.7 Å². The van der Waals surface area contributed by atoms with Crippen molar-refractivity contribution in [2.24, 2.45) is 0 Å². The van der Waals surface area contributed by atoms with E-state index in [4.69, 9.17) is 0 Å². The fourth-order valence-electron chi connectivity index (χ4n) is 2.33. The maximum absolute atomic E-state index is 12.1. The van der Waals surface area contributed by atoms with Gasteiger partial charge in [-0.3, -0.25) is 5.32 Å². The predicted octanol–water partition coefficient (Wildman–Crippen LogP) is 3.11. The van der Waals surface area contributed by atoms with Crippen molar-refractivity contribution in [1.82, 2.24) is 25.5 Å². The SMILES string of the molecule is Cc1cccc(Cc2nnc(NC(=O)N[C@@H](C)c3ccncn3)s2)c1. The number of carbonyl (C=O) groups excluding carboxylic acids is 1. The highest BCUT2D eigenvalue weighted by atomic mass is 32.1. The van der Waals surface area contributed by atoms with Crippen LogP contribution in [0.4, 0.5) is 9.93 Å². The largest absolute Gasteiger partial charge is 0.330 e. The normalized spacial score (nSPS) is 11.8. The molecule has 2 aromatic heterocycles. The Labute approximate surface area is 149 Å². The summed E-state index contributed by atoms with van der Waals surface area (Å²) in [6.45, 7) is 3.91. The first-order valence-electron chi connectivity index (χ1n) is 7.81. The van der Waals surface area contributed by atoms with Gasteiger partial charge < -0.3 is 5.32 Å². The van der Waals surface area contributed by atoms with Crippen LogP contribution in [0.15, 0.2) is 42.9 Å². The van der Waals surface area contributed by atoms with Gasteiger partial charge in [0.05, 0.1) is 11.7 Å². The molecule has 0 radical (unpaired) electrons. The number of urea groups is 1. The fraction of sp³-hybridized carbons (Fsp3) is 0.235. The van der Waals surface area contributed by atoms with E-state index in [1.54, 1.807) is 12.3 Å². The number of nitrogens with zero attached hydrogens (tertiary/aromatic N) is 4. The van der Waals surface area contributed by atoms with Crippen LogP contribution in [0.3, 0.4) is 0 Å². The van der Waals surface area contributed by atoms with Crippen molar-refractivity contribution in [3.63, 3.8) is 0 Å². The predicted molar refractivity (Wildman–Crippen MR) is 96.5 cm³/mol. The van der Waals surface area contributed by atoms with E-state index in [-0.39, 0.29) is 12.1 Å². The zero-order chi connectivity index (χ0) is 17.6. The quantitative estimate of drug-likeness (QED) is 0.734. The van der Waals surface area contributed by atoms with E-state index in [1.165, 1.54) is 28.8 Å². The Morgan fingerprint density at radius 2 is 2.16 bits per heavy atom. The Balaban J connectivity index is 1.56. The number of rotatable bonds is 5. The minimum Gasteiger partial charge on any atom is -0.330 e. The Hall–Kier alpha value is -2.87. The molecule has 0 aliphatic carbocycles. The highest BCUT2D eigenvalue weighted by Gasteiger charge is 2.13. The highest BCUT2D eigenvalue weighted by molar-refractivity contribution is 7.15. The van der Waals surface area contributed by atoms with Crippen LogP contribution in [0.2, 0.25) is 0 Å². The summed E-state index contributed by atoms with van der Waals surface area (Å²) in [5.74, 6) is 0. The molecule has 2 heterocycles. The van der Waals surface area contributed by atoms with Crippen LogP contribution in [-0.4, -0.2) is 26.2 Å². The van der Waals surface area contributed by atoms with E-state index < -0.39 is 0 Å². The standard InChI is InChI=1S/C17H18N6OS/c1-11-4-3-5-13(8-11)9-15-22-23-17(25-15)21-16(24)20-12(2)14-6-7-18-10-19-14/h3-8,10,12H,9H2,1-2H3,(H2,20,21,23,24)/t12-/m0/s1. The first-order chi connectivity index (χ1) is 12.1. The minimum atomic E-state index is -0.343. The second kappa shape index (κ2) is 7.80. The highest BCUT2D eigenvalue weighted by Crippen LogP contribution is 2.19. The molecule has 2 amide bonds. The molecule has 0 aliphatic heterocycles. The molecule has 0 bridgehead atoms. The Morgan fingerprint density at radius 3 is 2.92 bits per heavy atom. The van der Waals surface area contributed by atoms with Crippen molar-refractivity contribution < 1.29 is 4.79 Å². The van der Waals surface area contributed by atoms with Gasteiger partial charge in [-0.2, -0.15) is 0 Å². The molecule has 0 unspecified atom stereocenters. The monoisotopic (exact) mass is 354 g/mol. The third kappa shape index (κ3) is 4.80. The van der Waals surface area contributed by atoms with Crippen LogP contribution in [-0.2, 0) is 6.42 Å². The fourth-order valence-corrected chi connectivity index (χ4v) is 3.10. The molecule has 0 spiro atoms. The van der Waals surface area contributed by atoms with E-state index in [9.17, 15) is 4.79 Å². The molecule has 3 aromatic rings. The molecule has 0 fully saturated rings. The lowest BCUT2D eigenvalue weighted by Gasteiger charge is -2.12. The van der Waals surface area contributed by atoms with Crippen LogP contribution in [0.5, 0.6) is 0 Å². The van der Waals surface area contributed by atoms with E-state index in [0.717, 1.165) is 10.7 Å². The summed E-state index contributed by atoms with van der Waals surface area (Å²) in [5, 5.41) is 15.0. The molecular weight excluding hydrogens is 336 g/mol. The first kappa shape index (κ1) is 17.0. The summed E-state index contributed by atoms with van der Waals surface area (Å²) < 4.78 is 0. The van der Waals surface area contributed by atoms with Gasteiger partial charge in [0, 0.05) is 12.6 Å². The number of carbonyl (C=O) groups is 1. The smallest absolute Gasteiger partial charge is 0.321 e. The molecular formula is C17H18N6OS. The second-order valence-electron chi connectivity index (χ2n) is 5.62. The maximum Gasteiger partial charge on any atom is 0.321 e. The Bertz CT molecular complexity index is 851. The van der Waals surface area contributed by atoms with Crippen molar-refractivity contribution in [3.8, 4) is 0 Å². The molecule has 3 rings (SSSR count). The van der Waals surface area contributed by atoms with Gasteiger partial charge in [-0.05, 0) is 25.5 Å². The summed E-state index contributed by atoms with van der Waals surface area (Å²) in [4.78, 5) is 20.1. The molecule has 128 valence electrons. The number of nitrogens with one attached hydrogen (secondary N) is 2. The summed E-state index contributed by atoms with van der Waals surface area (Å²) in [5.41, 5.74) is 3.12. The van der Waals surface area contributed by atoms with Crippen LogP contribution in [0.1, 0.15) is 34.8 Å². The molecule has 0 saturated heterocycles. The van der Waals surface area contributed by atoms with Crippen molar-refractivity contribution in [2.75, 3.05) is 5.32 Å². The minimum absolute atomic E-state index is 0.234. The number of aromatic nitrogens is 4. The van der Waals surface area contributed by atoms with Crippen LogP contribution < -0.4 is 10.6 Å². The number of hydrogen-bond acceptors (Lipinski definition) is 6. The summed E-state index contributed by atoms with van der Waals surface area (Å²) in [6.07, 6.45) is 3.79. The van der Waals surface area contributed by atoms with Crippen LogP contribution in [0.25, 0.3) is 0 Å². The molecule has 1 atom stereocenters. The van der Waals surface area contributed by atoms with Gasteiger partial charge in [-0.1, -0.05) is 41.2 Å². The molecule has 1 aromatic carbocycles. The first-order valence-corrected chi connectivity index (χ1v) is 8.63. The Morgan fingerprint density at radius 1 is 1.28 bits per heavy atom. The summed E-state index contributed by atoms with van der Waals surface area (Å²) >= 11 is 1.37. The molecule has 8 heteroatoms. The molecule has 2 N–H and O–H groups in total. The van der Waals surface area contributed by atoms with Gasteiger partial charge in [-0.15, -0.1) is 10.2 Å². The third-order valence-corrected chi connectivity index (χ3v) is 4.36. The number of benzene rings is 1. The van der Waals surface area contributed by atoms with Gasteiger partial charge in [0.15, 0.2) is 0 Å². The van der Waals surface area contributed by atoms with Gasteiger partial charge in [-0.25, -0.2) is 14.8 Å². The van der Waals surface area contributed by atoms with Gasteiger partial charge >= 0.3 is 6.03 Å². The van der Waals surface area contributed by atoms with E-state index in [2.05, 4.69) is 55.9 Å². The van der Waals surface area contributed by atoms with Gasteiger partial charge in [0.1, 0.15) is 11.3 Å². The van der Waals surface area contributed by atoms with E-state index >= 15 is 0 Å². The van der Waals surface area contributed by atoms with Crippen LogP contribution in [0, 0.1) is 6.92 Å². The van der Waals surface area contributed by atoms with E-state index in [1.807, 2.05) is 13.0 Å².